The molecule has 0 aromatic carbocycles. The summed E-state index contributed by atoms with van der Waals surface area (Å²) in [6.07, 6.45) is 3.77. The van der Waals surface area contributed by atoms with Crippen LogP contribution >= 0.6 is 0 Å². The van der Waals surface area contributed by atoms with E-state index in [0.717, 1.165) is 5.82 Å². The Labute approximate surface area is 89.3 Å². The number of aromatic nitrogens is 2. The lowest BCUT2D eigenvalue weighted by Gasteiger charge is -2.22. The van der Waals surface area contributed by atoms with Gasteiger partial charge in [0.2, 0.25) is 0 Å². The number of hydrogen-bond acceptors (Lipinski definition) is 3. The van der Waals surface area contributed by atoms with Crippen LogP contribution < -0.4 is 0 Å². The van der Waals surface area contributed by atoms with E-state index in [9.17, 15) is 4.79 Å². The lowest BCUT2D eigenvalue weighted by molar-refractivity contribution is -0.138. The maximum atomic E-state index is 10.5. The summed E-state index contributed by atoms with van der Waals surface area (Å²) in [5.74, 6) is 0.170. The molecule has 0 spiro atoms. The normalized spacial score (nSPS) is 13.1. The van der Waals surface area contributed by atoms with Crippen molar-refractivity contribution in [1.29, 1.82) is 0 Å². The molecule has 15 heavy (non-hydrogen) atoms. The maximum absolute atomic E-state index is 10.5. The summed E-state index contributed by atoms with van der Waals surface area (Å²) in [5.41, 5.74) is 0. The van der Waals surface area contributed by atoms with Crippen LogP contribution in [0, 0.1) is 0 Å². The van der Waals surface area contributed by atoms with Crippen molar-refractivity contribution in [2.24, 2.45) is 7.05 Å². The second-order valence-electron chi connectivity index (χ2n) is 3.82. The third kappa shape index (κ3) is 3.36. The number of rotatable bonds is 5. The molecule has 0 saturated heterocycles. The maximum Gasteiger partial charge on any atom is 0.304 e. The Morgan fingerprint density at radius 2 is 2.40 bits per heavy atom. The molecule has 0 fully saturated rings. The Bertz CT molecular complexity index is 335. The number of hydrogen-bond donors (Lipinski definition) is 1. The van der Waals surface area contributed by atoms with Crippen LogP contribution in [0.4, 0.5) is 0 Å². The summed E-state index contributed by atoms with van der Waals surface area (Å²) in [6.45, 7) is 2.56. The van der Waals surface area contributed by atoms with Crippen LogP contribution in [0.3, 0.4) is 0 Å². The van der Waals surface area contributed by atoms with Crippen LogP contribution in [-0.2, 0) is 18.4 Å². The summed E-state index contributed by atoms with van der Waals surface area (Å²) >= 11 is 0. The molecule has 1 N–H and O–H groups in total. The van der Waals surface area contributed by atoms with E-state index in [1.165, 1.54) is 0 Å². The van der Waals surface area contributed by atoms with Gasteiger partial charge in [-0.15, -0.1) is 0 Å². The summed E-state index contributed by atoms with van der Waals surface area (Å²) in [7, 11) is 3.83. The first-order valence-electron chi connectivity index (χ1n) is 4.89. The lowest BCUT2D eigenvalue weighted by atomic mass is 10.2. The van der Waals surface area contributed by atoms with Gasteiger partial charge in [-0.05, 0) is 14.0 Å². The van der Waals surface area contributed by atoms with E-state index < -0.39 is 5.97 Å². The summed E-state index contributed by atoms with van der Waals surface area (Å²) in [5, 5.41) is 8.67. The van der Waals surface area contributed by atoms with Gasteiger partial charge in [-0.2, -0.15) is 0 Å². The van der Waals surface area contributed by atoms with Crippen molar-refractivity contribution in [2.45, 2.75) is 25.9 Å². The fourth-order valence-corrected chi connectivity index (χ4v) is 1.34. The van der Waals surface area contributed by atoms with Gasteiger partial charge in [-0.25, -0.2) is 4.98 Å². The van der Waals surface area contributed by atoms with Crippen molar-refractivity contribution in [1.82, 2.24) is 14.5 Å². The van der Waals surface area contributed by atoms with Gasteiger partial charge in [0.25, 0.3) is 0 Å². The minimum Gasteiger partial charge on any atom is -0.481 e. The quantitative estimate of drug-likeness (QED) is 0.779. The third-order valence-electron chi connectivity index (χ3n) is 2.53. The Morgan fingerprint density at radius 3 is 2.87 bits per heavy atom. The Morgan fingerprint density at radius 1 is 1.73 bits per heavy atom. The van der Waals surface area contributed by atoms with Gasteiger partial charge < -0.3 is 9.67 Å². The molecule has 1 aromatic rings. The van der Waals surface area contributed by atoms with Crippen LogP contribution in [0.15, 0.2) is 12.4 Å². The van der Waals surface area contributed by atoms with Crippen LogP contribution in [0.2, 0.25) is 0 Å². The van der Waals surface area contributed by atoms with Crippen molar-refractivity contribution in [3.63, 3.8) is 0 Å². The predicted octanol–water partition coefficient (Wildman–Crippen LogP) is 0.715. The highest BCUT2D eigenvalue weighted by molar-refractivity contribution is 5.67. The van der Waals surface area contributed by atoms with Crippen molar-refractivity contribution < 1.29 is 9.90 Å². The Balaban J connectivity index is 2.52. The number of nitrogens with zero attached hydrogens (tertiary/aromatic N) is 3. The van der Waals surface area contributed by atoms with Crippen LogP contribution in [0.5, 0.6) is 0 Å². The van der Waals surface area contributed by atoms with Gasteiger partial charge in [0, 0.05) is 25.5 Å². The number of imidazole rings is 1. The van der Waals surface area contributed by atoms with Crippen molar-refractivity contribution in [3.05, 3.63) is 18.2 Å². The van der Waals surface area contributed by atoms with E-state index in [4.69, 9.17) is 5.11 Å². The largest absolute Gasteiger partial charge is 0.481 e. The molecule has 1 atom stereocenters. The second-order valence-corrected chi connectivity index (χ2v) is 3.82. The molecule has 5 nitrogen and oxygen atoms in total. The van der Waals surface area contributed by atoms with E-state index in [2.05, 4.69) is 4.98 Å². The van der Waals surface area contributed by atoms with Gasteiger partial charge in [0.15, 0.2) is 0 Å². The Hall–Kier alpha value is -1.36. The first-order chi connectivity index (χ1) is 7.00. The molecular weight excluding hydrogens is 194 g/mol. The van der Waals surface area contributed by atoms with E-state index in [-0.39, 0.29) is 12.5 Å². The topological polar surface area (TPSA) is 58.4 Å². The molecule has 0 radical (unpaired) electrons. The highest BCUT2D eigenvalue weighted by atomic mass is 16.4. The van der Waals surface area contributed by atoms with Gasteiger partial charge in [0.1, 0.15) is 5.82 Å². The monoisotopic (exact) mass is 211 g/mol. The third-order valence-corrected chi connectivity index (χ3v) is 2.53. The second kappa shape index (κ2) is 4.93. The summed E-state index contributed by atoms with van der Waals surface area (Å²) in [6, 6.07) is 0.0131. The number of carboxylic acids is 1. The van der Waals surface area contributed by atoms with E-state index >= 15 is 0 Å². The van der Waals surface area contributed by atoms with E-state index in [1.807, 2.05) is 36.7 Å². The number of carbonyl (C=O) groups is 1. The molecule has 1 aromatic heterocycles. The molecular formula is C10H17N3O2. The van der Waals surface area contributed by atoms with Crippen LogP contribution in [0.1, 0.15) is 19.2 Å². The summed E-state index contributed by atoms with van der Waals surface area (Å²) < 4.78 is 1.93. The Kier molecular flexibility index (Phi) is 3.85. The first kappa shape index (κ1) is 11.7. The number of aliphatic carboxylic acids is 1. The van der Waals surface area contributed by atoms with Gasteiger partial charge in [0.05, 0.1) is 13.0 Å². The summed E-state index contributed by atoms with van der Waals surface area (Å²) in [4.78, 5) is 16.7. The molecule has 1 unspecified atom stereocenters. The van der Waals surface area contributed by atoms with E-state index in [1.54, 1.807) is 6.20 Å². The van der Waals surface area contributed by atoms with Gasteiger partial charge in [-0.1, -0.05) is 0 Å². The minimum absolute atomic E-state index is 0.0131. The zero-order valence-corrected chi connectivity index (χ0v) is 9.34. The number of carboxylic acid groups (broad SMARTS) is 1. The van der Waals surface area contributed by atoms with Crippen LogP contribution in [-0.4, -0.2) is 38.6 Å². The fourth-order valence-electron chi connectivity index (χ4n) is 1.34. The molecule has 1 heterocycles. The highest BCUT2D eigenvalue weighted by Crippen LogP contribution is 2.06. The van der Waals surface area contributed by atoms with E-state index in [0.29, 0.717) is 6.54 Å². The SMILES string of the molecule is CC(CC(=O)O)N(C)Cc1nccn1C. The molecule has 1 rings (SSSR count). The average molecular weight is 211 g/mol. The molecule has 5 heteroatoms. The molecule has 0 bridgehead atoms. The van der Waals surface area contributed by atoms with Gasteiger partial charge in [-0.3, -0.25) is 9.69 Å². The molecule has 0 amide bonds. The average Bonchev–Trinajstić information content (AvgIpc) is 2.50. The molecule has 0 aliphatic heterocycles. The van der Waals surface area contributed by atoms with Crippen LogP contribution in [0.25, 0.3) is 0 Å². The zero-order valence-electron chi connectivity index (χ0n) is 9.34. The molecule has 0 saturated carbocycles. The number of aryl methyl sites for hydroxylation is 1. The van der Waals surface area contributed by atoms with Crippen molar-refractivity contribution in [3.8, 4) is 0 Å². The molecule has 0 aliphatic carbocycles. The zero-order chi connectivity index (χ0) is 11.4. The first-order valence-corrected chi connectivity index (χ1v) is 4.89. The highest BCUT2D eigenvalue weighted by Gasteiger charge is 2.14. The standard InChI is InChI=1S/C10H17N3O2/c1-8(6-10(14)15)13(3)7-9-11-4-5-12(9)2/h4-5,8H,6-7H2,1-3H3,(H,14,15). The lowest BCUT2D eigenvalue weighted by Crippen LogP contribution is -2.31. The minimum atomic E-state index is -0.769. The van der Waals surface area contributed by atoms with Crippen molar-refractivity contribution >= 4 is 5.97 Å². The molecule has 0 aliphatic rings. The van der Waals surface area contributed by atoms with Crippen molar-refractivity contribution in [2.75, 3.05) is 7.05 Å². The molecule has 84 valence electrons. The fraction of sp³-hybridized carbons (Fsp3) is 0.600. The smallest absolute Gasteiger partial charge is 0.304 e. The predicted molar refractivity (Wildman–Crippen MR) is 56.4 cm³/mol. The van der Waals surface area contributed by atoms with Gasteiger partial charge >= 0.3 is 5.97 Å².